The molecule has 0 aromatic rings. The minimum Gasteiger partial charge on any atom is -0.346 e. The molecule has 0 unspecified atom stereocenters. The molecule has 0 N–H and O–H groups in total. The summed E-state index contributed by atoms with van der Waals surface area (Å²) in [6, 6.07) is 0. The van der Waals surface area contributed by atoms with Crippen LogP contribution in [0.3, 0.4) is 0 Å². The fourth-order valence-corrected chi connectivity index (χ4v) is 0.142. The van der Waals surface area contributed by atoms with Gasteiger partial charge in [0.25, 0.3) is 0 Å². The summed E-state index contributed by atoms with van der Waals surface area (Å²) in [4.78, 5) is 0. The Morgan fingerprint density at radius 2 is 1.60 bits per heavy atom. The van der Waals surface area contributed by atoms with E-state index in [1.807, 2.05) is 0 Å². The first-order valence-corrected chi connectivity index (χ1v) is 1.77. The van der Waals surface area contributed by atoms with Gasteiger partial charge in [0.2, 0.25) is 0 Å². The average molecular weight is 82.5 g/mol. The van der Waals surface area contributed by atoms with Crippen LogP contribution in [0, 0.1) is 5.38 Å². The monoisotopic (exact) mass is 82.0 g/mol. The SMILES string of the molecule is Cl[C-]1CC1.[Li+]. The summed E-state index contributed by atoms with van der Waals surface area (Å²) >= 11 is 5.30. The van der Waals surface area contributed by atoms with Crippen LogP contribution in [0.1, 0.15) is 12.8 Å². The van der Waals surface area contributed by atoms with E-state index in [0.29, 0.717) is 0 Å². The van der Waals surface area contributed by atoms with E-state index in [1.54, 1.807) is 0 Å². The molecule has 0 saturated heterocycles. The molecule has 0 bridgehead atoms. The Labute approximate surface area is 49.1 Å². The smallest absolute Gasteiger partial charge is 0.346 e. The second kappa shape index (κ2) is 2.13. The molecule has 2 heteroatoms. The van der Waals surface area contributed by atoms with Crippen LogP contribution in [-0.4, -0.2) is 0 Å². The molecular weight excluding hydrogens is 78.4 g/mol. The summed E-state index contributed by atoms with van der Waals surface area (Å²) in [7, 11) is 0. The van der Waals surface area contributed by atoms with Crippen molar-refractivity contribution in [2.45, 2.75) is 12.8 Å². The van der Waals surface area contributed by atoms with Crippen LogP contribution in [0.2, 0.25) is 0 Å². The molecule has 0 nitrogen and oxygen atoms in total. The second-order valence-electron chi connectivity index (χ2n) is 1.02. The van der Waals surface area contributed by atoms with Crippen molar-refractivity contribution < 1.29 is 18.9 Å². The third-order valence-corrected chi connectivity index (χ3v) is 0.817. The van der Waals surface area contributed by atoms with Gasteiger partial charge in [0, 0.05) is 0 Å². The third-order valence-electron chi connectivity index (χ3n) is 0.439. The molecule has 0 aromatic heterocycles. The van der Waals surface area contributed by atoms with E-state index in [4.69, 9.17) is 11.6 Å². The third kappa shape index (κ3) is 2.70. The van der Waals surface area contributed by atoms with E-state index in [9.17, 15) is 0 Å². The van der Waals surface area contributed by atoms with Crippen LogP contribution >= 0.6 is 11.6 Å². The molecule has 24 valence electrons. The van der Waals surface area contributed by atoms with Gasteiger partial charge in [-0.15, -0.1) is 0 Å². The minimum atomic E-state index is 0. The molecule has 5 heavy (non-hydrogen) atoms. The van der Waals surface area contributed by atoms with Crippen molar-refractivity contribution in [3.63, 3.8) is 0 Å². The van der Waals surface area contributed by atoms with Crippen LogP contribution in [0.15, 0.2) is 0 Å². The number of hydrogen-bond donors (Lipinski definition) is 0. The first kappa shape index (κ1) is 5.89. The fraction of sp³-hybridized carbons (Fsp3) is 0.667. The van der Waals surface area contributed by atoms with Crippen molar-refractivity contribution in [3.05, 3.63) is 5.38 Å². The van der Waals surface area contributed by atoms with E-state index < -0.39 is 0 Å². The van der Waals surface area contributed by atoms with Crippen LogP contribution < -0.4 is 18.9 Å². The van der Waals surface area contributed by atoms with Crippen molar-refractivity contribution >= 4 is 11.6 Å². The molecule has 0 heterocycles. The fourth-order valence-electron chi connectivity index (χ4n) is 0.0472. The number of rotatable bonds is 0. The predicted molar refractivity (Wildman–Crippen MR) is 18.3 cm³/mol. The summed E-state index contributed by atoms with van der Waals surface area (Å²) in [5.74, 6) is 0. The van der Waals surface area contributed by atoms with E-state index in [2.05, 4.69) is 0 Å². The van der Waals surface area contributed by atoms with Gasteiger partial charge in [-0.3, -0.25) is 0 Å². The molecule has 0 amide bonds. The summed E-state index contributed by atoms with van der Waals surface area (Å²) in [6.07, 6.45) is 2.34. The van der Waals surface area contributed by atoms with Gasteiger partial charge in [-0.25, -0.2) is 5.38 Å². The van der Waals surface area contributed by atoms with Gasteiger partial charge < -0.3 is 11.6 Å². The zero-order chi connectivity index (χ0) is 2.99. The maximum atomic E-state index is 5.30. The standard InChI is InChI=1S/C3H4Cl.Li/c4-3-1-2-3;/h1-2H2;/q-1;+1. The van der Waals surface area contributed by atoms with E-state index >= 15 is 0 Å². The Bertz CT molecular complexity index is 26.1. The summed E-state index contributed by atoms with van der Waals surface area (Å²) in [5, 5.41) is 1.14. The minimum absolute atomic E-state index is 0. The molecule has 1 aliphatic carbocycles. The predicted octanol–water partition coefficient (Wildman–Crippen LogP) is -1.45. The zero-order valence-corrected chi connectivity index (χ0v) is 4.05. The van der Waals surface area contributed by atoms with E-state index in [-0.39, 0.29) is 18.9 Å². The van der Waals surface area contributed by atoms with Crippen molar-refractivity contribution in [2.24, 2.45) is 0 Å². The summed E-state index contributed by atoms with van der Waals surface area (Å²) in [5.41, 5.74) is 0. The van der Waals surface area contributed by atoms with Crippen LogP contribution in [0.5, 0.6) is 0 Å². The Morgan fingerprint density at radius 3 is 1.60 bits per heavy atom. The van der Waals surface area contributed by atoms with Gasteiger partial charge in [0.15, 0.2) is 0 Å². The average Bonchev–Trinajstić information content (AvgIpc) is 1.75. The molecule has 0 aliphatic heterocycles. The maximum absolute atomic E-state index is 5.30. The van der Waals surface area contributed by atoms with Crippen molar-refractivity contribution in [3.8, 4) is 0 Å². The molecule has 0 aromatic carbocycles. The zero-order valence-electron chi connectivity index (χ0n) is 3.29. The molecule has 0 radical (unpaired) electrons. The van der Waals surface area contributed by atoms with Gasteiger partial charge in [-0.2, -0.15) is 12.8 Å². The van der Waals surface area contributed by atoms with Gasteiger partial charge in [0.1, 0.15) is 0 Å². The normalized spacial score (nSPS) is 21.0. The van der Waals surface area contributed by atoms with Crippen molar-refractivity contribution in [2.75, 3.05) is 0 Å². The number of hydrogen-bond acceptors (Lipinski definition) is 0. The molecule has 1 rings (SSSR count). The maximum Gasteiger partial charge on any atom is 1.00 e. The van der Waals surface area contributed by atoms with Crippen LogP contribution in [0.4, 0.5) is 0 Å². The molecule has 1 aliphatic rings. The Morgan fingerprint density at radius 1 is 1.40 bits per heavy atom. The largest absolute Gasteiger partial charge is 1.00 e. The quantitative estimate of drug-likeness (QED) is 0.248. The van der Waals surface area contributed by atoms with Gasteiger partial charge in [-0.1, -0.05) is 0 Å². The first-order chi connectivity index (χ1) is 1.89. The summed E-state index contributed by atoms with van der Waals surface area (Å²) in [6.45, 7) is 0. The molecular formula is C3H4ClLi. The van der Waals surface area contributed by atoms with Crippen LogP contribution in [-0.2, 0) is 0 Å². The molecule has 1 saturated carbocycles. The van der Waals surface area contributed by atoms with Gasteiger partial charge in [-0.05, 0) is 0 Å². The van der Waals surface area contributed by atoms with E-state index in [1.165, 1.54) is 12.8 Å². The second-order valence-corrected chi connectivity index (χ2v) is 1.55. The summed E-state index contributed by atoms with van der Waals surface area (Å²) < 4.78 is 0. The number of halogens is 1. The van der Waals surface area contributed by atoms with Crippen LogP contribution in [0.25, 0.3) is 0 Å². The Balaban J connectivity index is 0.000000160. The topological polar surface area (TPSA) is 0 Å². The molecule has 0 atom stereocenters. The van der Waals surface area contributed by atoms with Gasteiger partial charge >= 0.3 is 18.9 Å². The Hall–Kier alpha value is 0.887. The first-order valence-electron chi connectivity index (χ1n) is 1.40. The van der Waals surface area contributed by atoms with Crippen molar-refractivity contribution in [1.82, 2.24) is 0 Å². The molecule has 0 spiro atoms. The Kier molecular flexibility index (Phi) is 2.51. The van der Waals surface area contributed by atoms with Gasteiger partial charge in [0.05, 0.1) is 0 Å². The van der Waals surface area contributed by atoms with E-state index in [0.717, 1.165) is 5.38 Å². The molecule has 1 fully saturated rings. The van der Waals surface area contributed by atoms with Crippen molar-refractivity contribution in [1.29, 1.82) is 0 Å².